The number of esters is 1. The lowest BCUT2D eigenvalue weighted by molar-refractivity contribution is -0.110. The maximum atomic E-state index is 13.2. The van der Waals surface area contributed by atoms with Crippen LogP contribution in [0.3, 0.4) is 0 Å². The lowest BCUT2D eigenvalue weighted by atomic mass is 9.98. The van der Waals surface area contributed by atoms with Crippen LogP contribution in [0.5, 0.6) is 0 Å². The van der Waals surface area contributed by atoms with Gasteiger partial charge in [0.15, 0.2) is 0 Å². The molecule has 1 amide bonds. The van der Waals surface area contributed by atoms with Gasteiger partial charge in [0, 0.05) is 29.6 Å². The molecule has 0 spiro atoms. The molecule has 6 heteroatoms. The largest absolute Gasteiger partial charge is 0.462 e. The molecule has 5 nitrogen and oxygen atoms in total. The highest BCUT2D eigenvalue weighted by Gasteiger charge is 2.27. The van der Waals surface area contributed by atoms with Crippen LogP contribution in [0.15, 0.2) is 48.7 Å². The first-order chi connectivity index (χ1) is 13.6. The van der Waals surface area contributed by atoms with Crippen molar-refractivity contribution in [2.75, 3.05) is 11.9 Å². The van der Waals surface area contributed by atoms with Crippen LogP contribution >= 0.6 is 0 Å². The minimum absolute atomic E-state index is 0.201. The summed E-state index contributed by atoms with van der Waals surface area (Å²) in [5, 5.41) is 2.88. The number of anilines is 1. The Kier molecular flexibility index (Phi) is 3.65. The first-order valence-corrected chi connectivity index (χ1v) is 8.91. The molecule has 0 fully saturated rings. The van der Waals surface area contributed by atoms with Gasteiger partial charge in [0.1, 0.15) is 5.82 Å². The van der Waals surface area contributed by atoms with Gasteiger partial charge in [0.2, 0.25) is 0 Å². The van der Waals surface area contributed by atoms with Crippen LogP contribution in [-0.2, 0) is 16.0 Å². The Balaban J connectivity index is 1.54. The smallest absolute Gasteiger partial charge is 0.339 e. The third kappa shape index (κ3) is 2.62. The molecule has 1 aromatic heterocycles. The Bertz CT molecular complexity index is 1160. The van der Waals surface area contributed by atoms with Crippen LogP contribution < -0.4 is 5.32 Å². The molecule has 2 aromatic carbocycles. The molecule has 0 aliphatic carbocycles. The summed E-state index contributed by atoms with van der Waals surface area (Å²) in [6.45, 7) is 0.337. The SMILES string of the molecule is O=C1Nc2cc(-c3ccc(F)cc3)ccc2C1=Cc1[nH]cc2c1CCOC2=O. The van der Waals surface area contributed by atoms with E-state index in [1.807, 2.05) is 18.2 Å². The number of amides is 1. The predicted octanol–water partition coefficient (Wildman–Crippen LogP) is 4.03. The summed E-state index contributed by atoms with van der Waals surface area (Å²) < 4.78 is 18.2. The molecule has 0 radical (unpaired) electrons. The van der Waals surface area contributed by atoms with E-state index in [9.17, 15) is 14.0 Å². The van der Waals surface area contributed by atoms with E-state index in [-0.39, 0.29) is 17.7 Å². The fourth-order valence-electron chi connectivity index (χ4n) is 3.68. The van der Waals surface area contributed by atoms with Crippen LogP contribution in [0.1, 0.15) is 27.2 Å². The van der Waals surface area contributed by atoms with Crippen molar-refractivity contribution in [2.45, 2.75) is 6.42 Å². The summed E-state index contributed by atoms with van der Waals surface area (Å²) in [7, 11) is 0. The average molecular weight is 374 g/mol. The van der Waals surface area contributed by atoms with E-state index >= 15 is 0 Å². The van der Waals surface area contributed by atoms with Gasteiger partial charge in [-0.25, -0.2) is 9.18 Å². The first kappa shape index (κ1) is 16.5. The minimum atomic E-state index is -0.345. The molecule has 0 atom stereocenters. The number of nitrogens with one attached hydrogen (secondary N) is 2. The van der Waals surface area contributed by atoms with Crippen LogP contribution in [0.25, 0.3) is 22.8 Å². The van der Waals surface area contributed by atoms with Crippen molar-refractivity contribution in [1.82, 2.24) is 4.98 Å². The lowest BCUT2D eigenvalue weighted by Crippen LogP contribution is -2.16. The Labute approximate surface area is 159 Å². The molecule has 5 rings (SSSR count). The fraction of sp³-hybridized carbons (Fsp3) is 0.0909. The molecule has 3 heterocycles. The molecule has 2 aliphatic heterocycles. The molecule has 0 saturated carbocycles. The number of carbonyl (C=O) groups excluding carboxylic acids is 2. The number of hydrogen-bond donors (Lipinski definition) is 2. The zero-order chi connectivity index (χ0) is 19.3. The Morgan fingerprint density at radius 2 is 1.79 bits per heavy atom. The van der Waals surface area contributed by atoms with Crippen molar-refractivity contribution < 1.29 is 18.7 Å². The number of ether oxygens (including phenoxy) is 1. The van der Waals surface area contributed by atoms with Gasteiger partial charge in [-0.3, -0.25) is 4.79 Å². The van der Waals surface area contributed by atoms with E-state index in [0.717, 1.165) is 27.9 Å². The van der Waals surface area contributed by atoms with Gasteiger partial charge in [0.05, 0.1) is 17.7 Å². The van der Waals surface area contributed by atoms with Gasteiger partial charge in [-0.1, -0.05) is 24.3 Å². The maximum absolute atomic E-state index is 13.2. The van der Waals surface area contributed by atoms with E-state index < -0.39 is 0 Å². The van der Waals surface area contributed by atoms with Gasteiger partial charge in [0.25, 0.3) is 5.91 Å². The van der Waals surface area contributed by atoms with Crippen molar-refractivity contribution in [3.8, 4) is 11.1 Å². The molecular formula is C22H15FN2O3. The van der Waals surface area contributed by atoms with Crippen LogP contribution in [-0.4, -0.2) is 23.5 Å². The number of carbonyl (C=O) groups is 2. The third-order valence-corrected chi connectivity index (χ3v) is 5.10. The average Bonchev–Trinajstić information content (AvgIpc) is 3.24. The highest BCUT2D eigenvalue weighted by Crippen LogP contribution is 2.37. The zero-order valence-electron chi connectivity index (χ0n) is 14.7. The second kappa shape index (κ2) is 6.20. The van der Waals surface area contributed by atoms with Crippen LogP contribution in [0.2, 0.25) is 0 Å². The molecule has 2 N–H and O–H groups in total. The molecule has 0 bridgehead atoms. The standard InChI is InChI=1S/C22H15FN2O3/c23-14-4-1-12(2-5-14)13-3-6-15-17(21(26)25-20(15)9-13)10-19-16-7-8-28-22(27)18(16)11-24-19/h1-6,9-11,24H,7-8H2,(H,25,26). The molecule has 0 saturated heterocycles. The molecule has 138 valence electrons. The molecule has 28 heavy (non-hydrogen) atoms. The summed E-state index contributed by atoms with van der Waals surface area (Å²) in [6, 6.07) is 11.9. The van der Waals surface area contributed by atoms with Crippen molar-refractivity contribution in [3.63, 3.8) is 0 Å². The number of halogens is 1. The molecule has 0 unspecified atom stereocenters. The summed E-state index contributed by atoms with van der Waals surface area (Å²) in [4.78, 5) is 27.4. The predicted molar refractivity (Wildman–Crippen MR) is 103 cm³/mol. The normalized spacial score (nSPS) is 16.5. The Morgan fingerprint density at radius 1 is 1.00 bits per heavy atom. The number of fused-ring (bicyclic) bond motifs is 2. The highest BCUT2D eigenvalue weighted by molar-refractivity contribution is 6.35. The van der Waals surface area contributed by atoms with Crippen molar-refractivity contribution >= 4 is 29.2 Å². The summed E-state index contributed by atoms with van der Waals surface area (Å²) >= 11 is 0. The second-order valence-electron chi connectivity index (χ2n) is 6.76. The fourth-order valence-corrected chi connectivity index (χ4v) is 3.68. The highest BCUT2D eigenvalue weighted by atomic mass is 19.1. The third-order valence-electron chi connectivity index (χ3n) is 5.10. The summed E-state index contributed by atoms with van der Waals surface area (Å²) in [6.07, 6.45) is 4.01. The summed E-state index contributed by atoms with van der Waals surface area (Å²) in [5.41, 5.74) is 5.91. The number of aromatic nitrogens is 1. The van der Waals surface area contributed by atoms with Crippen molar-refractivity contribution in [1.29, 1.82) is 0 Å². The van der Waals surface area contributed by atoms with Gasteiger partial charge >= 0.3 is 5.97 Å². The van der Waals surface area contributed by atoms with E-state index in [1.165, 1.54) is 12.1 Å². The minimum Gasteiger partial charge on any atom is -0.462 e. The topological polar surface area (TPSA) is 71.2 Å². The van der Waals surface area contributed by atoms with Gasteiger partial charge < -0.3 is 15.0 Å². The zero-order valence-corrected chi connectivity index (χ0v) is 14.7. The van der Waals surface area contributed by atoms with Gasteiger partial charge in [-0.05, 0) is 41.0 Å². The Morgan fingerprint density at radius 3 is 2.61 bits per heavy atom. The second-order valence-corrected chi connectivity index (χ2v) is 6.76. The number of hydrogen-bond acceptors (Lipinski definition) is 3. The first-order valence-electron chi connectivity index (χ1n) is 8.91. The van der Waals surface area contributed by atoms with Crippen molar-refractivity contribution in [3.05, 3.63) is 76.9 Å². The number of cyclic esters (lactones) is 1. The van der Waals surface area contributed by atoms with E-state index in [1.54, 1.807) is 24.4 Å². The van der Waals surface area contributed by atoms with E-state index in [4.69, 9.17) is 4.74 Å². The van der Waals surface area contributed by atoms with Gasteiger partial charge in [-0.2, -0.15) is 0 Å². The molecule has 2 aliphatic rings. The lowest BCUT2D eigenvalue weighted by Gasteiger charge is -2.12. The van der Waals surface area contributed by atoms with E-state index in [0.29, 0.717) is 29.9 Å². The quantitative estimate of drug-likeness (QED) is 0.526. The number of aromatic amines is 1. The Hall–Kier alpha value is -3.67. The maximum Gasteiger partial charge on any atom is 0.339 e. The molecular weight excluding hydrogens is 359 g/mol. The van der Waals surface area contributed by atoms with Crippen LogP contribution in [0, 0.1) is 5.82 Å². The number of H-pyrrole nitrogens is 1. The number of rotatable bonds is 2. The van der Waals surface area contributed by atoms with E-state index in [2.05, 4.69) is 10.3 Å². The monoisotopic (exact) mass is 374 g/mol. The van der Waals surface area contributed by atoms with Crippen molar-refractivity contribution in [2.24, 2.45) is 0 Å². The summed E-state index contributed by atoms with van der Waals surface area (Å²) in [5.74, 6) is -0.836. The number of benzene rings is 2. The van der Waals surface area contributed by atoms with Crippen LogP contribution in [0.4, 0.5) is 10.1 Å². The molecule has 3 aromatic rings. The van der Waals surface area contributed by atoms with Gasteiger partial charge in [-0.15, -0.1) is 0 Å².